The van der Waals surface area contributed by atoms with Gasteiger partial charge in [0.15, 0.2) is 0 Å². The maximum absolute atomic E-state index is 13.3. The summed E-state index contributed by atoms with van der Waals surface area (Å²) in [6.07, 6.45) is -3.32. The molecule has 9 heteroatoms. The van der Waals surface area contributed by atoms with Crippen LogP contribution in [0.5, 0.6) is 0 Å². The van der Waals surface area contributed by atoms with Crippen molar-refractivity contribution in [2.45, 2.75) is 29.9 Å². The number of hydrogen-bond acceptors (Lipinski definition) is 3. The van der Waals surface area contributed by atoms with Gasteiger partial charge in [0.2, 0.25) is 0 Å². The van der Waals surface area contributed by atoms with Gasteiger partial charge in [-0.3, -0.25) is 0 Å². The number of nitrogens with zero attached hydrogens (tertiary/aromatic N) is 3. The molecule has 0 fully saturated rings. The highest BCUT2D eigenvalue weighted by Crippen LogP contribution is 2.35. The zero-order valence-electron chi connectivity index (χ0n) is 13.0. The van der Waals surface area contributed by atoms with Gasteiger partial charge in [-0.05, 0) is 38.1 Å². The summed E-state index contributed by atoms with van der Waals surface area (Å²) in [7, 11) is 0. The standard InChI is InChI=1S/C15H15F4N3OS/c1-3-21(4-2)14(23)22-8-7-13(20-22)24-10-5-6-12(16)11(9-10)15(17,18)19/h5-9H,3-4H2,1-2H3. The van der Waals surface area contributed by atoms with Crippen LogP contribution in [0.25, 0.3) is 0 Å². The van der Waals surface area contributed by atoms with Crippen LogP contribution in [0.15, 0.2) is 40.4 Å². The van der Waals surface area contributed by atoms with E-state index < -0.39 is 17.6 Å². The normalized spacial score (nSPS) is 11.6. The Morgan fingerprint density at radius 2 is 1.92 bits per heavy atom. The second kappa shape index (κ2) is 7.25. The number of carbonyl (C=O) groups is 1. The first kappa shape index (κ1) is 18.3. The largest absolute Gasteiger partial charge is 0.419 e. The molecule has 1 heterocycles. The molecule has 130 valence electrons. The minimum absolute atomic E-state index is 0.185. The van der Waals surface area contributed by atoms with E-state index in [0.29, 0.717) is 18.1 Å². The summed E-state index contributed by atoms with van der Waals surface area (Å²) in [5.74, 6) is -1.32. The van der Waals surface area contributed by atoms with Crippen LogP contribution in [0, 0.1) is 5.82 Å². The smallest absolute Gasteiger partial charge is 0.323 e. The molecule has 0 spiro atoms. The van der Waals surface area contributed by atoms with Crippen molar-refractivity contribution >= 4 is 17.8 Å². The Labute approximate surface area is 140 Å². The third-order valence-corrected chi connectivity index (χ3v) is 4.18. The summed E-state index contributed by atoms with van der Waals surface area (Å²) in [5.41, 5.74) is -1.33. The molecular formula is C15H15F4N3OS. The Morgan fingerprint density at radius 3 is 2.50 bits per heavy atom. The fourth-order valence-electron chi connectivity index (χ4n) is 2.01. The molecule has 1 amide bonds. The zero-order chi connectivity index (χ0) is 17.9. The van der Waals surface area contributed by atoms with E-state index >= 15 is 0 Å². The van der Waals surface area contributed by atoms with Gasteiger partial charge in [-0.15, -0.1) is 0 Å². The fourth-order valence-corrected chi connectivity index (χ4v) is 2.83. The molecule has 0 aliphatic carbocycles. The van der Waals surface area contributed by atoms with Gasteiger partial charge in [-0.25, -0.2) is 9.18 Å². The lowest BCUT2D eigenvalue weighted by atomic mass is 10.2. The zero-order valence-corrected chi connectivity index (χ0v) is 13.8. The molecule has 0 atom stereocenters. The van der Waals surface area contributed by atoms with E-state index in [1.54, 1.807) is 4.90 Å². The van der Waals surface area contributed by atoms with E-state index in [-0.39, 0.29) is 10.9 Å². The number of carbonyl (C=O) groups excluding carboxylic acids is 1. The molecule has 2 aromatic rings. The second-order valence-electron chi connectivity index (χ2n) is 4.79. The average Bonchev–Trinajstić information content (AvgIpc) is 2.97. The van der Waals surface area contributed by atoms with Crippen molar-refractivity contribution in [3.63, 3.8) is 0 Å². The molecule has 1 aromatic heterocycles. The molecule has 0 N–H and O–H groups in total. The lowest BCUT2D eigenvalue weighted by molar-refractivity contribution is -0.140. The number of halogens is 4. The van der Waals surface area contributed by atoms with Crippen LogP contribution in [-0.2, 0) is 6.18 Å². The predicted molar refractivity (Wildman–Crippen MR) is 81.5 cm³/mol. The van der Waals surface area contributed by atoms with Gasteiger partial charge >= 0.3 is 12.2 Å². The number of rotatable bonds is 4. The Bertz CT molecular complexity index is 726. The van der Waals surface area contributed by atoms with E-state index in [1.807, 2.05) is 13.8 Å². The van der Waals surface area contributed by atoms with Crippen LogP contribution in [0.4, 0.5) is 22.4 Å². The van der Waals surface area contributed by atoms with Gasteiger partial charge in [-0.1, -0.05) is 11.8 Å². The average molecular weight is 361 g/mol. The van der Waals surface area contributed by atoms with E-state index in [9.17, 15) is 22.4 Å². The van der Waals surface area contributed by atoms with Gasteiger partial charge in [0.25, 0.3) is 0 Å². The van der Waals surface area contributed by atoms with E-state index in [2.05, 4.69) is 5.10 Å². The first-order valence-corrected chi connectivity index (χ1v) is 7.97. The Kier molecular flexibility index (Phi) is 5.53. The second-order valence-corrected chi connectivity index (χ2v) is 5.89. The minimum atomic E-state index is -4.77. The molecule has 24 heavy (non-hydrogen) atoms. The first-order valence-electron chi connectivity index (χ1n) is 7.15. The third kappa shape index (κ3) is 4.08. The molecule has 0 aliphatic heterocycles. The predicted octanol–water partition coefficient (Wildman–Crippen LogP) is 4.50. The fraction of sp³-hybridized carbons (Fsp3) is 0.333. The lowest BCUT2D eigenvalue weighted by Gasteiger charge is -2.17. The van der Waals surface area contributed by atoms with Crippen molar-refractivity contribution in [1.82, 2.24) is 14.7 Å². The van der Waals surface area contributed by atoms with Crippen molar-refractivity contribution in [2.75, 3.05) is 13.1 Å². The van der Waals surface area contributed by atoms with Crippen molar-refractivity contribution in [3.05, 3.63) is 41.8 Å². The van der Waals surface area contributed by atoms with Crippen molar-refractivity contribution < 1.29 is 22.4 Å². The van der Waals surface area contributed by atoms with Crippen molar-refractivity contribution in [2.24, 2.45) is 0 Å². The van der Waals surface area contributed by atoms with Crippen LogP contribution >= 0.6 is 11.8 Å². The first-order chi connectivity index (χ1) is 11.3. The molecule has 0 bridgehead atoms. The van der Waals surface area contributed by atoms with Gasteiger partial charge in [0.1, 0.15) is 10.8 Å². The van der Waals surface area contributed by atoms with Crippen molar-refractivity contribution in [3.8, 4) is 0 Å². The van der Waals surface area contributed by atoms with E-state index in [0.717, 1.165) is 28.6 Å². The van der Waals surface area contributed by atoms with Crippen LogP contribution < -0.4 is 0 Å². The molecule has 4 nitrogen and oxygen atoms in total. The summed E-state index contributed by atoms with van der Waals surface area (Å²) in [4.78, 5) is 13.9. The SMILES string of the molecule is CCN(CC)C(=O)n1ccc(Sc2ccc(F)c(C(F)(F)F)c2)n1. The van der Waals surface area contributed by atoms with Crippen LogP contribution in [0.2, 0.25) is 0 Å². The maximum Gasteiger partial charge on any atom is 0.419 e. The molecule has 0 saturated carbocycles. The number of aromatic nitrogens is 2. The summed E-state index contributed by atoms with van der Waals surface area (Å²) in [6, 6.07) is 3.93. The molecule has 0 saturated heterocycles. The highest BCUT2D eigenvalue weighted by Gasteiger charge is 2.34. The monoisotopic (exact) mass is 361 g/mol. The summed E-state index contributed by atoms with van der Waals surface area (Å²) < 4.78 is 52.6. The topological polar surface area (TPSA) is 38.1 Å². The van der Waals surface area contributed by atoms with Gasteiger partial charge < -0.3 is 4.90 Å². The molecule has 0 radical (unpaired) electrons. The highest BCUT2D eigenvalue weighted by molar-refractivity contribution is 7.99. The van der Waals surface area contributed by atoms with Crippen LogP contribution in [0.3, 0.4) is 0 Å². The summed E-state index contributed by atoms with van der Waals surface area (Å²) in [6.45, 7) is 4.70. The van der Waals surface area contributed by atoms with Crippen LogP contribution in [0.1, 0.15) is 19.4 Å². The summed E-state index contributed by atoms with van der Waals surface area (Å²) >= 11 is 0.922. The number of benzene rings is 1. The van der Waals surface area contributed by atoms with Gasteiger partial charge in [-0.2, -0.15) is 23.0 Å². The number of amides is 1. The van der Waals surface area contributed by atoms with E-state index in [1.165, 1.54) is 18.3 Å². The Balaban J connectivity index is 2.20. The molecule has 1 aromatic carbocycles. The Hall–Kier alpha value is -2.03. The van der Waals surface area contributed by atoms with Gasteiger partial charge in [0, 0.05) is 24.2 Å². The Morgan fingerprint density at radius 1 is 1.25 bits per heavy atom. The van der Waals surface area contributed by atoms with Crippen LogP contribution in [-0.4, -0.2) is 33.8 Å². The third-order valence-electron chi connectivity index (χ3n) is 3.26. The number of alkyl halides is 3. The minimum Gasteiger partial charge on any atom is -0.323 e. The lowest BCUT2D eigenvalue weighted by Crippen LogP contribution is -2.34. The summed E-state index contributed by atoms with van der Waals surface area (Å²) in [5, 5.41) is 4.39. The number of hydrogen-bond donors (Lipinski definition) is 0. The molecular weight excluding hydrogens is 346 g/mol. The molecule has 0 aliphatic rings. The highest BCUT2D eigenvalue weighted by atomic mass is 32.2. The molecule has 2 rings (SSSR count). The quantitative estimate of drug-likeness (QED) is 0.753. The maximum atomic E-state index is 13.3. The van der Waals surface area contributed by atoms with Crippen molar-refractivity contribution in [1.29, 1.82) is 0 Å². The van der Waals surface area contributed by atoms with Gasteiger partial charge in [0.05, 0.1) is 5.56 Å². The van der Waals surface area contributed by atoms with E-state index in [4.69, 9.17) is 0 Å². The molecule has 0 unspecified atom stereocenters.